The average Bonchev–Trinajstić information content (AvgIpc) is 3.18. The predicted octanol–water partition coefficient (Wildman–Crippen LogP) is 3.16. The van der Waals surface area contributed by atoms with Gasteiger partial charge in [0.1, 0.15) is 18.9 Å². The Morgan fingerprint density at radius 1 is 1.19 bits per heavy atom. The largest absolute Gasteiger partial charge is 0.494 e. The van der Waals surface area contributed by atoms with Crippen LogP contribution in [0.25, 0.3) is 0 Å². The van der Waals surface area contributed by atoms with E-state index in [1.54, 1.807) is 18.2 Å². The molecule has 166 valence electrons. The molecule has 0 aromatic heterocycles. The standard InChI is InChI=1S/C24H25N3O5/c1-3-15-8-7-9-16(12-15)25-20(28)13-27-18-14-32-23(29)21(18)22(26-24(27)30)17-10-5-6-11-19(17)31-4-2/h5-12,22H,3-4,13-14H2,1-2H3,(H,25,28)(H,26,30). The lowest BCUT2D eigenvalue weighted by Gasteiger charge is -2.33. The number of rotatable bonds is 7. The van der Waals surface area contributed by atoms with E-state index in [1.807, 2.05) is 44.2 Å². The third-order valence-corrected chi connectivity index (χ3v) is 5.45. The molecule has 2 aromatic carbocycles. The van der Waals surface area contributed by atoms with E-state index in [0.29, 0.717) is 34.9 Å². The van der Waals surface area contributed by atoms with E-state index in [9.17, 15) is 14.4 Å². The van der Waals surface area contributed by atoms with Crippen molar-refractivity contribution in [1.82, 2.24) is 10.2 Å². The fourth-order valence-corrected chi connectivity index (χ4v) is 3.93. The number of nitrogens with one attached hydrogen (secondary N) is 2. The maximum absolute atomic E-state index is 13.0. The van der Waals surface area contributed by atoms with Crippen LogP contribution in [0.1, 0.15) is 31.0 Å². The van der Waals surface area contributed by atoms with Crippen LogP contribution in [0.15, 0.2) is 59.8 Å². The maximum atomic E-state index is 13.0. The van der Waals surface area contributed by atoms with Gasteiger partial charge in [-0.25, -0.2) is 9.59 Å². The van der Waals surface area contributed by atoms with Crippen molar-refractivity contribution in [3.63, 3.8) is 0 Å². The number of hydrogen-bond acceptors (Lipinski definition) is 5. The summed E-state index contributed by atoms with van der Waals surface area (Å²) in [5, 5.41) is 5.65. The van der Waals surface area contributed by atoms with E-state index < -0.39 is 18.0 Å². The van der Waals surface area contributed by atoms with Gasteiger partial charge in [-0.05, 0) is 37.1 Å². The van der Waals surface area contributed by atoms with Crippen LogP contribution < -0.4 is 15.4 Å². The SMILES string of the molecule is CCOc1ccccc1C1NC(=O)N(CC(=O)Nc2cccc(CC)c2)C2=C1C(=O)OC2. The van der Waals surface area contributed by atoms with Crippen molar-refractivity contribution in [2.75, 3.05) is 25.1 Å². The molecule has 0 aliphatic carbocycles. The quantitative estimate of drug-likeness (QED) is 0.651. The summed E-state index contributed by atoms with van der Waals surface area (Å²) in [6.07, 6.45) is 0.846. The number of nitrogens with zero attached hydrogens (tertiary/aromatic N) is 1. The molecular weight excluding hydrogens is 410 g/mol. The zero-order chi connectivity index (χ0) is 22.7. The third-order valence-electron chi connectivity index (χ3n) is 5.45. The third kappa shape index (κ3) is 4.16. The molecule has 1 unspecified atom stereocenters. The number of ether oxygens (including phenoxy) is 2. The molecule has 4 rings (SSSR count). The number of aryl methyl sites for hydroxylation is 1. The summed E-state index contributed by atoms with van der Waals surface area (Å²) >= 11 is 0. The fraction of sp³-hybridized carbons (Fsp3) is 0.292. The van der Waals surface area contributed by atoms with E-state index in [-0.39, 0.29) is 19.1 Å². The molecule has 0 saturated carbocycles. The lowest BCUT2D eigenvalue weighted by Crippen LogP contribution is -2.49. The predicted molar refractivity (Wildman–Crippen MR) is 118 cm³/mol. The van der Waals surface area contributed by atoms with E-state index in [0.717, 1.165) is 12.0 Å². The molecule has 2 aliphatic heterocycles. The average molecular weight is 435 g/mol. The van der Waals surface area contributed by atoms with Gasteiger partial charge in [0, 0.05) is 11.3 Å². The Labute approximate surface area is 186 Å². The van der Waals surface area contributed by atoms with Crippen LogP contribution in [0.2, 0.25) is 0 Å². The Morgan fingerprint density at radius 2 is 2.00 bits per heavy atom. The summed E-state index contributed by atoms with van der Waals surface area (Å²) in [6, 6.07) is 13.6. The molecule has 0 fully saturated rings. The number of carbonyl (C=O) groups excluding carboxylic acids is 3. The van der Waals surface area contributed by atoms with E-state index in [2.05, 4.69) is 10.6 Å². The molecule has 2 N–H and O–H groups in total. The number of urea groups is 1. The molecule has 2 aromatic rings. The van der Waals surface area contributed by atoms with Gasteiger partial charge in [0.2, 0.25) is 5.91 Å². The van der Waals surface area contributed by atoms with Gasteiger partial charge in [-0.1, -0.05) is 37.3 Å². The first kappa shape index (κ1) is 21.4. The molecular formula is C24H25N3O5. The van der Waals surface area contributed by atoms with Crippen molar-refractivity contribution in [3.05, 3.63) is 70.9 Å². The summed E-state index contributed by atoms with van der Waals surface area (Å²) in [6.45, 7) is 4.04. The van der Waals surface area contributed by atoms with Crippen LogP contribution in [0.4, 0.5) is 10.5 Å². The molecule has 32 heavy (non-hydrogen) atoms. The van der Waals surface area contributed by atoms with E-state index >= 15 is 0 Å². The van der Waals surface area contributed by atoms with Crippen molar-refractivity contribution < 1.29 is 23.9 Å². The van der Waals surface area contributed by atoms with E-state index in [4.69, 9.17) is 9.47 Å². The van der Waals surface area contributed by atoms with Gasteiger partial charge >= 0.3 is 12.0 Å². The summed E-state index contributed by atoms with van der Waals surface area (Å²) in [5.74, 6) is -0.307. The first-order valence-electron chi connectivity index (χ1n) is 10.6. The molecule has 8 nitrogen and oxygen atoms in total. The first-order valence-corrected chi connectivity index (χ1v) is 10.6. The highest BCUT2D eigenvalue weighted by Crippen LogP contribution is 2.38. The lowest BCUT2D eigenvalue weighted by atomic mass is 9.95. The Hall–Kier alpha value is -3.81. The highest BCUT2D eigenvalue weighted by Gasteiger charge is 2.43. The summed E-state index contributed by atoms with van der Waals surface area (Å²) < 4.78 is 10.9. The lowest BCUT2D eigenvalue weighted by molar-refractivity contribution is -0.136. The van der Waals surface area contributed by atoms with Crippen molar-refractivity contribution in [2.45, 2.75) is 26.3 Å². The summed E-state index contributed by atoms with van der Waals surface area (Å²) in [5.41, 5.74) is 3.12. The van der Waals surface area contributed by atoms with Crippen molar-refractivity contribution >= 4 is 23.6 Å². The zero-order valence-corrected chi connectivity index (χ0v) is 18.0. The van der Waals surface area contributed by atoms with Gasteiger partial charge in [0.15, 0.2) is 0 Å². The topological polar surface area (TPSA) is 97.0 Å². The van der Waals surface area contributed by atoms with Crippen molar-refractivity contribution in [3.8, 4) is 5.75 Å². The van der Waals surface area contributed by atoms with Gasteiger partial charge in [0.05, 0.1) is 23.9 Å². The van der Waals surface area contributed by atoms with Crippen LogP contribution in [0, 0.1) is 0 Å². The van der Waals surface area contributed by atoms with Crippen LogP contribution in [-0.2, 0) is 20.7 Å². The van der Waals surface area contributed by atoms with Crippen molar-refractivity contribution in [2.24, 2.45) is 0 Å². The Kier molecular flexibility index (Phi) is 6.11. The summed E-state index contributed by atoms with van der Waals surface area (Å²) in [4.78, 5) is 39.5. The zero-order valence-electron chi connectivity index (χ0n) is 18.0. The number of amides is 3. The molecule has 3 amide bonds. The number of esters is 1. The Bertz CT molecular complexity index is 1090. The smallest absolute Gasteiger partial charge is 0.338 e. The second kappa shape index (κ2) is 9.13. The number of benzene rings is 2. The Balaban J connectivity index is 1.60. The van der Waals surface area contributed by atoms with Gasteiger partial charge in [-0.15, -0.1) is 0 Å². The van der Waals surface area contributed by atoms with Crippen LogP contribution >= 0.6 is 0 Å². The molecule has 8 heteroatoms. The van der Waals surface area contributed by atoms with Crippen molar-refractivity contribution in [1.29, 1.82) is 0 Å². The molecule has 0 saturated heterocycles. The highest BCUT2D eigenvalue weighted by molar-refractivity contribution is 6.00. The highest BCUT2D eigenvalue weighted by atomic mass is 16.5. The van der Waals surface area contributed by atoms with Gasteiger partial charge in [-0.3, -0.25) is 9.69 Å². The molecule has 0 radical (unpaired) electrons. The van der Waals surface area contributed by atoms with Crippen LogP contribution in [0.3, 0.4) is 0 Å². The Morgan fingerprint density at radius 3 is 2.78 bits per heavy atom. The summed E-state index contributed by atoms with van der Waals surface area (Å²) in [7, 11) is 0. The minimum absolute atomic E-state index is 0.0620. The number of anilines is 1. The second-order valence-electron chi connectivity index (χ2n) is 7.48. The first-order chi connectivity index (χ1) is 15.5. The second-order valence-corrected chi connectivity index (χ2v) is 7.48. The fourth-order valence-electron chi connectivity index (χ4n) is 3.93. The van der Waals surface area contributed by atoms with E-state index in [1.165, 1.54) is 4.90 Å². The van der Waals surface area contributed by atoms with Gasteiger partial charge in [0.25, 0.3) is 0 Å². The molecule has 2 aliphatic rings. The monoisotopic (exact) mass is 435 g/mol. The number of carbonyl (C=O) groups is 3. The maximum Gasteiger partial charge on any atom is 0.338 e. The number of hydrogen-bond donors (Lipinski definition) is 2. The normalized spacial score (nSPS) is 17.6. The minimum Gasteiger partial charge on any atom is -0.494 e. The number of cyclic esters (lactones) is 1. The van der Waals surface area contributed by atoms with Crippen LogP contribution in [0.5, 0.6) is 5.75 Å². The minimum atomic E-state index is -0.712. The molecule has 0 bridgehead atoms. The van der Waals surface area contributed by atoms with Crippen LogP contribution in [-0.4, -0.2) is 42.6 Å². The number of para-hydroxylation sites is 1. The van der Waals surface area contributed by atoms with Gasteiger partial charge in [-0.2, -0.15) is 0 Å². The van der Waals surface area contributed by atoms with Gasteiger partial charge < -0.3 is 20.1 Å². The molecule has 2 heterocycles. The molecule has 0 spiro atoms. The molecule has 1 atom stereocenters.